The Bertz CT molecular complexity index is 459. The van der Waals surface area contributed by atoms with Crippen LogP contribution in [0.3, 0.4) is 0 Å². The molecule has 2 atom stereocenters. The van der Waals surface area contributed by atoms with Crippen LogP contribution in [-0.2, 0) is 16.0 Å². The van der Waals surface area contributed by atoms with E-state index < -0.39 is 29.3 Å². The third kappa shape index (κ3) is 3.19. The average Bonchev–Trinajstić information content (AvgIpc) is 2.37. The quantitative estimate of drug-likeness (QED) is 0.651. The van der Waals surface area contributed by atoms with E-state index in [1.165, 1.54) is 0 Å². The van der Waals surface area contributed by atoms with Crippen molar-refractivity contribution in [3.05, 3.63) is 35.9 Å². The van der Waals surface area contributed by atoms with Crippen molar-refractivity contribution in [2.24, 2.45) is 17.4 Å². The summed E-state index contributed by atoms with van der Waals surface area (Å²) in [6, 6.07) is 8.27. The second kappa shape index (κ2) is 5.95. The normalized spacial score (nSPS) is 15.8. The Labute approximate surface area is 112 Å². The van der Waals surface area contributed by atoms with Crippen molar-refractivity contribution >= 4 is 11.8 Å². The number of aliphatic carboxylic acids is 1. The molecule has 1 rings (SSSR count). The van der Waals surface area contributed by atoms with E-state index in [0.717, 1.165) is 5.56 Å². The lowest BCUT2D eigenvalue weighted by Gasteiger charge is -2.29. The molecule has 5 nitrogen and oxygen atoms in total. The number of Topliss-reactive ketones (excluding diaryl/α,β-unsaturated/α-hetero) is 1. The Balaban J connectivity index is 2.90. The summed E-state index contributed by atoms with van der Waals surface area (Å²) in [6.45, 7) is 3.20. The molecule has 0 saturated carbocycles. The van der Waals surface area contributed by atoms with E-state index in [2.05, 4.69) is 0 Å². The van der Waals surface area contributed by atoms with Crippen LogP contribution in [0.15, 0.2) is 30.3 Å². The van der Waals surface area contributed by atoms with E-state index in [1.807, 2.05) is 30.3 Å². The van der Waals surface area contributed by atoms with Crippen LogP contribution >= 0.6 is 0 Å². The largest absolute Gasteiger partial charge is 0.480 e. The minimum Gasteiger partial charge on any atom is -0.480 e. The van der Waals surface area contributed by atoms with Crippen LogP contribution in [0, 0.1) is 5.92 Å². The number of carboxylic acids is 1. The van der Waals surface area contributed by atoms with Crippen molar-refractivity contribution in [3.63, 3.8) is 0 Å². The predicted octanol–water partition coefficient (Wildman–Crippen LogP) is 0.564. The number of carbonyl (C=O) groups is 2. The molecule has 0 aliphatic heterocycles. The van der Waals surface area contributed by atoms with Crippen molar-refractivity contribution in [1.82, 2.24) is 0 Å². The van der Waals surface area contributed by atoms with Crippen molar-refractivity contribution in [1.29, 1.82) is 0 Å². The van der Waals surface area contributed by atoms with E-state index in [-0.39, 0.29) is 6.42 Å². The van der Waals surface area contributed by atoms with Gasteiger partial charge in [0.1, 0.15) is 0 Å². The zero-order valence-electron chi connectivity index (χ0n) is 11.2. The number of carbonyl (C=O) groups excluding carboxylic acids is 1. The van der Waals surface area contributed by atoms with E-state index in [1.54, 1.807) is 13.8 Å². The SMILES string of the molecule is CC(C)[C@](N)(C(=O)O)C(=O)[C@@H](N)Cc1ccccc1. The van der Waals surface area contributed by atoms with Crippen molar-refractivity contribution < 1.29 is 14.7 Å². The lowest BCUT2D eigenvalue weighted by atomic mass is 9.79. The fraction of sp³-hybridized carbons (Fsp3) is 0.429. The molecule has 19 heavy (non-hydrogen) atoms. The molecule has 104 valence electrons. The Morgan fingerprint density at radius 3 is 2.21 bits per heavy atom. The van der Waals surface area contributed by atoms with E-state index in [9.17, 15) is 14.7 Å². The third-order valence-electron chi connectivity index (χ3n) is 3.31. The van der Waals surface area contributed by atoms with Crippen molar-refractivity contribution in [3.8, 4) is 0 Å². The number of nitrogens with two attached hydrogens (primary N) is 2. The fourth-order valence-electron chi connectivity index (χ4n) is 1.90. The summed E-state index contributed by atoms with van der Waals surface area (Å²) in [5, 5.41) is 9.19. The summed E-state index contributed by atoms with van der Waals surface area (Å²) in [4.78, 5) is 23.5. The second-order valence-corrected chi connectivity index (χ2v) is 4.99. The number of benzene rings is 1. The topological polar surface area (TPSA) is 106 Å². The number of rotatable bonds is 6. The van der Waals surface area contributed by atoms with Crippen LogP contribution in [0.2, 0.25) is 0 Å². The van der Waals surface area contributed by atoms with Gasteiger partial charge in [-0.15, -0.1) is 0 Å². The number of carboxylic acid groups (broad SMARTS) is 1. The maximum absolute atomic E-state index is 12.2. The first kappa shape index (κ1) is 15.3. The number of hydrogen-bond donors (Lipinski definition) is 3. The first-order chi connectivity index (χ1) is 8.80. The van der Waals surface area contributed by atoms with Crippen LogP contribution in [0.5, 0.6) is 0 Å². The predicted molar refractivity (Wildman–Crippen MR) is 72.5 cm³/mol. The standard InChI is InChI=1S/C14H20N2O3/c1-9(2)14(16,13(18)19)12(17)11(15)8-10-6-4-3-5-7-10/h3-7,9,11H,8,15-16H2,1-2H3,(H,18,19)/t11-,14+/m0/s1. The molecule has 0 saturated heterocycles. The highest BCUT2D eigenvalue weighted by molar-refractivity contribution is 6.10. The van der Waals surface area contributed by atoms with Gasteiger partial charge in [-0.3, -0.25) is 4.79 Å². The molecule has 0 heterocycles. The molecule has 0 amide bonds. The summed E-state index contributed by atoms with van der Waals surface area (Å²) < 4.78 is 0. The summed E-state index contributed by atoms with van der Waals surface area (Å²) in [6.07, 6.45) is 0.276. The van der Waals surface area contributed by atoms with Gasteiger partial charge in [-0.25, -0.2) is 4.79 Å². The summed E-state index contributed by atoms with van der Waals surface area (Å²) >= 11 is 0. The highest BCUT2D eigenvalue weighted by Crippen LogP contribution is 2.18. The molecule has 0 aliphatic carbocycles. The van der Waals surface area contributed by atoms with Gasteiger partial charge in [0.2, 0.25) is 0 Å². The number of hydrogen-bond acceptors (Lipinski definition) is 4. The summed E-state index contributed by atoms with van der Waals surface area (Å²) in [5.74, 6) is -2.51. The summed E-state index contributed by atoms with van der Waals surface area (Å²) in [5.41, 5.74) is 10.5. The van der Waals surface area contributed by atoms with Crippen molar-refractivity contribution in [2.75, 3.05) is 0 Å². The molecule has 1 aromatic rings. The molecule has 5 heteroatoms. The molecule has 0 radical (unpaired) electrons. The first-order valence-electron chi connectivity index (χ1n) is 6.16. The lowest BCUT2D eigenvalue weighted by molar-refractivity contribution is -0.150. The molecule has 5 N–H and O–H groups in total. The maximum Gasteiger partial charge on any atom is 0.331 e. The van der Waals surface area contributed by atoms with E-state index in [0.29, 0.717) is 0 Å². The average molecular weight is 264 g/mol. The molecule has 0 fully saturated rings. The summed E-state index contributed by atoms with van der Waals surface area (Å²) in [7, 11) is 0. The molecule has 0 spiro atoms. The van der Waals surface area contributed by atoms with Crippen LogP contribution in [0.4, 0.5) is 0 Å². The molecule has 0 aliphatic rings. The monoisotopic (exact) mass is 264 g/mol. The zero-order chi connectivity index (χ0) is 14.6. The van der Waals surface area contributed by atoms with Gasteiger partial charge in [0.25, 0.3) is 0 Å². The van der Waals surface area contributed by atoms with Gasteiger partial charge in [0.05, 0.1) is 6.04 Å². The maximum atomic E-state index is 12.2. The third-order valence-corrected chi connectivity index (χ3v) is 3.31. The van der Waals surface area contributed by atoms with Crippen LogP contribution in [0.25, 0.3) is 0 Å². The van der Waals surface area contributed by atoms with Gasteiger partial charge in [-0.2, -0.15) is 0 Å². The highest BCUT2D eigenvalue weighted by Gasteiger charge is 2.46. The van der Waals surface area contributed by atoms with Gasteiger partial charge in [0, 0.05) is 0 Å². The van der Waals surface area contributed by atoms with Crippen LogP contribution < -0.4 is 11.5 Å². The zero-order valence-corrected chi connectivity index (χ0v) is 11.2. The van der Waals surface area contributed by atoms with Gasteiger partial charge < -0.3 is 16.6 Å². The smallest absolute Gasteiger partial charge is 0.331 e. The fourth-order valence-corrected chi connectivity index (χ4v) is 1.90. The Hall–Kier alpha value is -1.72. The molecule has 0 aromatic heterocycles. The number of ketones is 1. The molecule has 1 aromatic carbocycles. The van der Waals surface area contributed by atoms with Gasteiger partial charge in [-0.05, 0) is 17.9 Å². The van der Waals surface area contributed by atoms with Gasteiger partial charge in [0.15, 0.2) is 11.3 Å². The van der Waals surface area contributed by atoms with Gasteiger partial charge >= 0.3 is 5.97 Å². The molecule has 0 unspecified atom stereocenters. The van der Waals surface area contributed by atoms with E-state index >= 15 is 0 Å². The highest BCUT2D eigenvalue weighted by atomic mass is 16.4. The van der Waals surface area contributed by atoms with E-state index in [4.69, 9.17) is 11.5 Å². The Kier molecular flexibility index (Phi) is 4.80. The lowest BCUT2D eigenvalue weighted by Crippen LogP contribution is -2.63. The minimum absolute atomic E-state index is 0.276. The minimum atomic E-state index is -1.94. The van der Waals surface area contributed by atoms with Gasteiger partial charge in [-0.1, -0.05) is 44.2 Å². The second-order valence-electron chi connectivity index (χ2n) is 4.99. The molecule has 0 bridgehead atoms. The van der Waals surface area contributed by atoms with Crippen LogP contribution in [0.1, 0.15) is 19.4 Å². The molecular weight excluding hydrogens is 244 g/mol. The van der Waals surface area contributed by atoms with Crippen molar-refractivity contribution in [2.45, 2.75) is 31.8 Å². The Morgan fingerprint density at radius 2 is 1.79 bits per heavy atom. The molecular formula is C14H20N2O3. The Morgan fingerprint density at radius 1 is 1.26 bits per heavy atom. The van der Waals surface area contributed by atoms with Crippen LogP contribution in [-0.4, -0.2) is 28.4 Å². The first-order valence-corrected chi connectivity index (χ1v) is 6.16.